The first kappa shape index (κ1) is 16.5. The van der Waals surface area contributed by atoms with E-state index in [1.165, 1.54) is 28.9 Å². The maximum Gasteiger partial charge on any atom is 0.343 e. The maximum absolute atomic E-state index is 13.0. The highest BCUT2D eigenvalue weighted by molar-refractivity contribution is 6.33. The zero-order chi connectivity index (χ0) is 16.1. The smallest absolute Gasteiger partial charge is 0.343 e. The van der Waals surface area contributed by atoms with E-state index in [0.29, 0.717) is 24.4 Å². The zero-order valence-electron chi connectivity index (χ0n) is 12.3. The van der Waals surface area contributed by atoms with E-state index in [0.717, 1.165) is 0 Å². The molecule has 118 valence electrons. The topological polar surface area (TPSA) is 53.4 Å². The number of rotatable bonds is 6. The highest BCUT2D eigenvalue weighted by atomic mass is 35.5. The maximum atomic E-state index is 13.0. The second-order valence-corrected chi connectivity index (χ2v) is 4.98. The second-order valence-electron chi connectivity index (χ2n) is 4.62. The summed E-state index contributed by atoms with van der Waals surface area (Å²) in [4.78, 5) is 12.1. The average molecular weight is 327 g/mol. The molecular formula is C15H16ClFN2O3. The number of aromatic nitrogens is 2. The summed E-state index contributed by atoms with van der Waals surface area (Å²) in [6.45, 7) is 2.41. The fourth-order valence-corrected chi connectivity index (χ4v) is 2.27. The van der Waals surface area contributed by atoms with E-state index in [1.54, 1.807) is 14.0 Å². The molecule has 0 radical (unpaired) electrons. The molecule has 0 amide bonds. The van der Waals surface area contributed by atoms with Crippen molar-refractivity contribution in [1.82, 2.24) is 9.78 Å². The SMILES string of the molecule is COCCCOC(=O)c1c(C)nn(-c2ccc(F)cc2)c1Cl. The highest BCUT2D eigenvalue weighted by Crippen LogP contribution is 2.24. The number of nitrogens with zero attached hydrogens (tertiary/aromatic N) is 2. The molecule has 5 nitrogen and oxygen atoms in total. The van der Waals surface area contributed by atoms with Gasteiger partial charge in [0.05, 0.1) is 18.0 Å². The van der Waals surface area contributed by atoms with E-state index >= 15 is 0 Å². The molecule has 7 heteroatoms. The molecule has 1 heterocycles. The lowest BCUT2D eigenvalue weighted by atomic mass is 10.2. The van der Waals surface area contributed by atoms with Gasteiger partial charge in [-0.15, -0.1) is 0 Å². The van der Waals surface area contributed by atoms with Crippen molar-refractivity contribution in [2.75, 3.05) is 20.3 Å². The Kier molecular flexibility index (Phi) is 5.51. The Morgan fingerprint density at radius 1 is 1.32 bits per heavy atom. The fraction of sp³-hybridized carbons (Fsp3) is 0.333. The third-order valence-corrected chi connectivity index (χ3v) is 3.35. The molecule has 0 bridgehead atoms. The van der Waals surface area contributed by atoms with Crippen LogP contribution < -0.4 is 0 Å². The van der Waals surface area contributed by atoms with Crippen LogP contribution >= 0.6 is 11.6 Å². The molecule has 0 aliphatic carbocycles. The molecule has 2 aromatic rings. The zero-order valence-corrected chi connectivity index (χ0v) is 13.1. The number of halogens is 2. The van der Waals surface area contributed by atoms with Crippen LogP contribution in [0.3, 0.4) is 0 Å². The van der Waals surface area contributed by atoms with Crippen LogP contribution in [-0.4, -0.2) is 36.1 Å². The number of hydrogen-bond acceptors (Lipinski definition) is 4. The van der Waals surface area contributed by atoms with Crippen LogP contribution in [0.15, 0.2) is 24.3 Å². The molecule has 0 spiro atoms. The number of carbonyl (C=O) groups is 1. The van der Waals surface area contributed by atoms with Crippen LogP contribution in [0.1, 0.15) is 22.5 Å². The molecule has 0 atom stereocenters. The van der Waals surface area contributed by atoms with Crippen molar-refractivity contribution in [1.29, 1.82) is 0 Å². The van der Waals surface area contributed by atoms with Gasteiger partial charge >= 0.3 is 5.97 Å². The number of aryl methyl sites for hydroxylation is 1. The molecule has 0 aliphatic rings. The third kappa shape index (κ3) is 3.64. The summed E-state index contributed by atoms with van der Waals surface area (Å²) >= 11 is 6.22. The molecule has 22 heavy (non-hydrogen) atoms. The van der Waals surface area contributed by atoms with Crippen molar-refractivity contribution in [2.24, 2.45) is 0 Å². The normalized spacial score (nSPS) is 10.7. The molecule has 1 aromatic carbocycles. The molecule has 0 aliphatic heterocycles. The number of ether oxygens (including phenoxy) is 2. The third-order valence-electron chi connectivity index (χ3n) is 3.01. The van der Waals surface area contributed by atoms with Crippen LogP contribution in [-0.2, 0) is 9.47 Å². The van der Waals surface area contributed by atoms with Crippen LogP contribution in [0.4, 0.5) is 4.39 Å². The van der Waals surface area contributed by atoms with Crippen molar-refractivity contribution in [2.45, 2.75) is 13.3 Å². The summed E-state index contributed by atoms with van der Waals surface area (Å²) in [5.41, 5.74) is 1.22. The van der Waals surface area contributed by atoms with Gasteiger partial charge in [0.25, 0.3) is 0 Å². The Morgan fingerprint density at radius 3 is 2.64 bits per heavy atom. The van der Waals surface area contributed by atoms with Gasteiger partial charge in [0, 0.05) is 20.1 Å². The van der Waals surface area contributed by atoms with Crippen molar-refractivity contribution >= 4 is 17.6 Å². The molecule has 0 saturated carbocycles. The molecule has 0 unspecified atom stereocenters. The van der Waals surface area contributed by atoms with Gasteiger partial charge in [-0.1, -0.05) is 11.6 Å². The standard InChI is InChI=1S/C15H16ClFN2O3/c1-10-13(15(20)22-9-3-8-21-2)14(16)19(18-10)12-6-4-11(17)5-7-12/h4-7H,3,8-9H2,1-2H3. The number of hydrogen-bond donors (Lipinski definition) is 0. The van der Waals surface area contributed by atoms with Crippen LogP contribution in [0, 0.1) is 12.7 Å². The quantitative estimate of drug-likeness (QED) is 0.604. The Labute approximate surface area is 132 Å². The minimum atomic E-state index is -0.535. The van der Waals surface area contributed by atoms with E-state index in [9.17, 15) is 9.18 Å². The number of methoxy groups -OCH3 is 1. The van der Waals surface area contributed by atoms with Gasteiger partial charge < -0.3 is 9.47 Å². The van der Waals surface area contributed by atoms with Crippen LogP contribution in [0.5, 0.6) is 0 Å². The molecule has 0 N–H and O–H groups in total. The summed E-state index contributed by atoms with van der Waals surface area (Å²) in [7, 11) is 1.58. The average Bonchev–Trinajstić information content (AvgIpc) is 2.79. The van der Waals surface area contributed by atoms with Gasteiger partial charge in [-0.05, 0) is 31.2 Å². The molecule has 0 saturated heterocycles. The molecule has 2 rings (SSSR count). The predicted octanol–water partition coefficient (Wildman–Crippen LogP) is 3.17. The van der Waals surface area contributed by atoms with E-state index in [2.05, 4.69) is 5.10 Å². The Bertz CT molecular complexity index is 656. The van der Waals surface area contributed by atoms with Gasteiger partial charge in [-0.25, -0.2) is 13.9 Å². The largest absolute Gasteiger partial charge is 0.462 e. The predicted molar refractivity (Wildman–Crippen MR) is 80.0 cm³/mol. The van der Waals surface area contributed by atoms with Gasteiger partial charge in [-0.3, -0.25) is 0 Å². The first-order valence-corrected chi connectivity index (χ1v) is 7.09. The minimum Gasteiger partial charge on any atom is -0.462 e. The van der Waals surface area contributed by atoms with Gasteiger partial charge in [0.1, 0.15) is 16.5 Å². The Hall–Kier alpha value is -1.92. The number of benzene rings is 1. The van der Waals surface area contributed by atoms with Gasteiger partial charge in [0.15, 0.2) is 0 Å². The highest BCUT2D eigenvalue weighted by Gasteiger charge is 2.22. The summed E-state index contributed by atoms with van der Waals surface area (Å²) in [5, 5.41) is 4.35. The van der Waals surface area contributed by atoms with Gasteiger partial charge in [-0.2, -0.15) is 5.10 Å². The van der Waals surface area contributed by atoms with E-state index in [1.807, 2.05) is 0 Å². The summed E-state index contributed by atoms with van der Waals surface area (Å²) < 4.78 is 24.4. The Morgan fingerprint density at radius 2 is 2.00 bits per heavy atom. The van der Waals surface area contributed by atoms with Crippen molar-refractivity contribution in [3.63, 3.8) is 0 Å². The lowest BCUT2D eigenvalue weighted by Gasteiger charge is -2.05. The summed E-state index contributed by atoms with van der Waals surface area (Å²) in [5.74, 6) is -0.895. The van der Waals surface area contributed by atoms with Crippen molar-refractivity contribution in [3.8, 4) is 5.69 Å². The lowest BCUT2D eigenvalue weighted by Crippen LogP contribution is -2.09. The first-order valence-electron chi connectivity index (χ1n) is 6.71. The van der Waals surface area contributed by atoms with Crippen molar-refractivity contribution < 1.29 is 18.7 Å². The number of carbonyl (C=O) groups excluding carboxylic acids is 1. The van der Waals surface area contributed by atoms with Crippen LogP contribution in [0.2, 0.25) is 5.15 Å². The van der Waals surface area contributed by atoms with E-state index in [-0.39, 0.29) is 23.1 Å². The summed E-state index contributed by atoms with van der Waals surface area (Å²) in [6.07, 6.45) is 0.602. The van der Waals surface area contributed by atoms with Gasteiger partial charge in [0.2, 0.25) is 0 Å². The second kappa shape index (κ2) is 7.38. The minimum absolute atomic E-state index is 0.140. The molecule has 1 aromatic heterocycles. The van der Waals surface area contributed by atoms with E-state index in [4.69, 9.17) is 21.1 Å². The van der Waals surface area contributed by atoms with E-state index < -0.39 is 5.97 Å². The summed E-state index contributed by atoms with van der Waals surface area (Å²) in [6, 6.07) is 5.65. The fourth-order valence-electron chi connectivity index (χ4n) is 1.92. The van der Waals surface area contributed by atoms with Crippen LogP contribution in [0.25, 0.3) is 5.69 Å². The lowest BCUT2D eigenvalue weighted by molar-refractivity contribution is 0.0468. The first-order chi connectivity index (χ1) is 10.5. The molecule has 0 fully saturated rings. The Balaban J connectivity index is 2.20. The van der Waals surface area contributed by atoms with Crippen molar-refractivity contribution in [3.05, 3.63) is 46.5 Å². The monoisotopic (exact) mass is 326 g/mol. The molecular weight excluding hydrogens is 311 g/mol. The number of esters is 1.